The Labute approximate surface area is 287 Å². The number of unbranched alkanes of at least 4 members (excludes halogenated alkanes) is 1. The molecular formula is C42H40N4O3. The molecule has 246 valence electrons. The first kappa shape index (κ1) is 33.2. The van der Waals surface area contributed by atoms with Crippen molar-refractivity contribution in [2.24, 2.45) is 5.92 Å². The molecule has 0 N–H and O–H groups in total. The van der Waals surface area contributed by atoms with Gasteiger partial charge in [0.05, 0.1) is 6.61 Å². The molecule has 49 heavy (non-hydrogen) atoms. The summed E-state index contributed by atoms with van der Waals surface area (Å²) >= 11 is 0. The number of aromatic nitrogens is 4. The molecule has 0 fully saturated rings. The number of benzene rings is 5. The van der Waals surface area contributed by atoms with E-state index in [-0.39, 0.29) is 18.8 Å². The van der Waals surface area contributed by atoms with Crippen LogP contribution in [0.25, 0.3) is 22.5 Å². The zero-order valence-electron chi connectivity index (χ0n) is 27.9. The zero-order valence-corrected chi connectivity index (χ0v) is 27.9. The van der Waals surface area contributed by atoms with E-state index in [2.05, 4.69) is 36.4 Å². The normalized spacial score (nSPS) is 12.0. The first-order valence-corrected chi connectivity index (χ1v) is 16.9. The molecule has 1 unspecified atom stereocenters. The Morgan fingerprint density at radius 2 is 1.27 bits per heavy atom. The van der Waals surface area contributed by atoms with E-state index in [1.807, 2.05) is 110 Å². The van der Waals surface area contributed by atoms with Crippen molar-refractivity contribution in [1.29, 1.82) is 0 Å². The van der Waals surface area contributed by atoms with Crippen molar-refractivity contribution in [1.82, 2.24) is 20.2 Å². The molecule has 0 bridgehead atoms. The minimum absolute atomic E-state index is 0.101. The summed E-state index contributed by atoms with van der Waals surface area (Å²) < 4.78 is 5.35. The van der Waals surface area contributed by atoms with Crippen LogP contribution >= 0.6 is 0 Å². The molecule has 0 amide bonds. The number of nitrogens with zero attached hydrogens (tertiary/aromatic N) is 4. The summed E-state index contributed by atoms with van der Waals surface area (Å²) in [5.74, 6) is -1.04. The fourth-order valence-corrected chi connectivity index (χ4v) is 6.45. The van der Waals surface area contributed by atoms with E-state index in [4.69, 9.17) is 20.1 Å². The highest BCUT2D eigenvalue weighted by molar-refractivity contribution is 5.99. The Balaban J connectivity index is 1.52. The fraction of sp³-hybridized carbons (Fsp3) is 0.214. The van der Waals surface area contributed by atoms with Gasteiger partial charge in [-0.05, 0) is 64.4 Å². The van der Waals surface area contributed by atoms with Gasteiger partial charge in [-0.15, -0.1) is 15.0 Å². The number of ketones is 1. The monoisotopic (exact) mass is 648 g/mol. The van der Waals surface area contributed by atoms with Gasteiger partial charge in [-0.25, -0.2) is 0 Å². The van der Waals surface area contributed by atoms with Crippen LogP contribution < -0.4 is 0 Å². The van der Waals surface area contributed by atoms with Gasteiger partial charge in [0.1, 0.15) is 11.7 Å². The summed E-state index contributed by atoms with van der Waals surface area (Å²) in [4.78, 5) is 28.0. The molecule has 0 saturated heterocycles. The molecule has 1 heterocycles. The van der Waals surface area contributed by atoms with Gasteiger partial charge in [-0.2, -0.15) is 0 Å². The van der Waals surface area contributed by atoms with Gasteiger partial charge >= 0.3 is 5.97 Å². The van der Waals surface area contributed by atoms with Crippen LogP contribution in [0, 0.1) is 5.92 Å². The van der Waals surface area contributed by atoms with Crippen molar-refractivity contribution in [2.75, 3.05) is 6.61 Å². The van der Waals surface area contributed by atoms with E-state index in [0.29, 0.717) is 12.2 Å². The molecule has 0 aliphatic heterocycles. The van der Waals surface area contributed by atoms with Crippen LogP contribution in [0.3, 0.4) is 0 Å². The summed E-state index contributed by atoms with van der Waals surface area (Å²) in [5.41, 5.74) is 5.49. The van der Waals surface area contributed by atoms with E-state index in [1.54, 1.807) is 11.7 Å². The van der Waals surface area contributed by atoms with E-state index in [0.717, 1.165) is 51.8 Å². The van der Waals surface area contributed by atoms with E-state index >= 15 is 0 Å². The maximum absolute atomic E-state index is 13.2. The SMILES string of the molecule is CCCCC(=O)C(Cc1ccc(-c2ccccc2)c(-c2nnn(C(c3ccccc3)(c3ccccc3)c3ccccc3)n2)c1)C(=O)OCC. The van der Waals surface area contributed by atoms with Crippen molar-refractivity contribution >= 4 is 11.8 Å². The molecule has 5 aromatic carbocycles. The molecule has 1 aromatic heterocycles. The van der Waals surface area contributed by atoms with Gasteiger partial charge in [0.15, 0.2) is 5.54 Å². The lowest BCUT2D eigenvalue weighted by Crippen LogP contribution is -2.39. The smallest absolute Gasteiger partial charge is 0.316 e. The van der Waals surface area contributed by atoms with E-state index < -0.39 is 17.4 Å². The van der Waals surface area contributed by atoms with Crippen molar-refractivity contribution in [2.45, 2.75) is 45.1 Å². The lowest BCUT2D eigenvalue weighted by molar-refractivity contribution is -0.151. The predicted octanol–water partition coefficient (Wildman–Crippen LogP) is 8.33. The third-order valence-electron chi connectivity index (χ3n) is 8.87. The number of carbonyl (C=O) groups is 2. The largest absolute Gasteiger partial charge is 0.465 e. The number of ether oxygens (including phenoxy) is 1. The fourth-order valence-electron chi connectivity index (χ4n) is 6.45. The van der Waals surface area contributed by atoms with Crippen LogP contribution in [0.15, 0.2) is 140 Å². The van der Waals surface area contributed by atoms with Gasteiger partial charge in [-0.1, -0.05) is 147 Å². The number of hydrogen-bond donors (Lipinski definition) is 0. The Hall–Kier alpha value is -5.69. The van der Waals surface area contributed by atoms with Crippen LogP contribution in [-0.2, 0) is 26.3 Å². The summed E-state index contributed by atoms with van der Waals surface area (Å²) in [7, 11) is 0. The highest BCUT2D eigenvalue weighted by atomic mass is 16.5. The Kier molecular flexibility index (Phi) is 10.5. The maximum atomic E-state index is 13.2. The molecule has 0 aliphatic carbocycles. The number of carbonyl (C=O) groups excluding carboxylic acids is 2. The Bertz CT molecular complexity index is 1880. The third-order valence-corrected chi connectivity index (χ3v) is 8.87. The topological polar surface area (TPSA) is 87.0 Å². The number of rotatable bonds is 14. The van der Waals surface area contributed by atoms with Crippen LogP contribution in [-0.4, -0.2) is 38.6 Å². The minimum atomic E-state index is -0.930. The van der Waals surface area contributed by atoms with Crippen LogP contribution in [0.5, 0.6) is 0 Å². The number of esters is 1. The van der Waals surface area contributed by atoms with Crippen LogP contribution in [0.4, 0.5) is 0 Å². The van der Waals surface area contributed by atoms with Crippen molar-refractivity contribution in [3.63, 3.8) is 0 Å². The van der Waals surface area contributed by atoms with Crippen molar-refractivity contribution < 1.29 is 14.3 Å². The average molecular weight is 649 g/mol. The lowest BCUT2D eigenvalue weighted by Gasteiger charge is -2.34. The molecule has 0 spiro atoms. The zero-order chi connectivity index (χ0) is 34.1. The minimum Gasteiger partial charge on any atom is -0.465 e. The van der Waals surface area contributed by atoms with Gasteiger partial charge < -0.3 is 4.74 Å². The summed E-state index contributed by atoms with van der Waals surface area (Å²) in [5, 5.41) is 14.6. The quantitative estimate of drug-likeness (QED) is 0.0671. The lowest BCUT2D eigenvalue weighted by atomic mass is 9.77. The van der Waals surface area contributed by atoms with Gasteiger partial charge in [0.2, 0.25) is 5.82 Å². The summed E-state index contributed by atoms with van der Waals surface area (Å²) in [6, 6.07) is 46.7. The predicted molar refractivity (Wildman–Crippen MR) is 192 cm³/mol. The third kappa shape index (κ3) is 6.97. The van der Waals surface area contributed by atoms with Crippen LogP contribution in [0.1, 0.15) is 55.4 Å². The molecule has 0 aliphatic rings. The van der Waals surface area contributed by atoms with Gasteiger partial charge in [-0.3, -0.25) is 9.59 Å². The van der Waals surface area contributed by atoms with Crippen molar-refractivity contribution in [3.05, 3.63) is 162 Å². The van der Waals surface area contributed by atoms with E-state index in [1.165, 1.54) is 0 Å². The van der Waals surface area contributed by atoms with Gasteiger partial charge in [0, 0.05) is 12.0 Å². The molecule has 0 radical (unpaired) electrons. The van der Waals surface area contributed by atoms with E-state index in [9.17, 15) is 9.59 Å². The Morgan fingerprint density at radius 3 is 1.80 bits per heavy atom. The molecule has 1 atom stereocenters. The first-order chi connectivity index (χ1) is 24.1. The second kappa shape index (κ2) is 15.5. The van der Waals surface area contributed by atoms with Crippen LogP contribution in [0.2, 0.25) is 0 Å². The van der Waals surface area contributed by atoms with Crippen molar-refractivity contribution in [3.8, 4) is 22.5 Å². The number of tetrazole rings is 1. The molecular weight excluding hydrogens is 608 g/mol. The second-order valence-electron chi connectivity index (χ2n) is 12.0. The molecule has 0 saturated carbocycles. The molecule has 6 rings (SSSR count). The van der Waals surface area contributed by atoms with Gasteiger partial charge in [0.25, 0.3) is 0 Å². The molecule has 6 aromatic rings. The molecule has 7 heteroatoms. The average Bonchev–Trinajstić information content (AvgIpc) is 3.65. The summed E-state index contributed by atoms with van der Waals surface area (Å²) in [6.45, 7) is 4.00. The second-order valence-corrected chi connectivity index (χ2v) is 12.0. The highest BCUT2D eigenvalue weighted by Crippen LogP contribution is 2.40. The maximum Gasteiger partial charge on any atom is 0.316 e. The summed E-state index contributed by atoms with van der Waals surface area (Å²) in [6.07, 6.45) is 2.16. The molecule has 7 nitrogen and oxygen atoms in total. The highest BCUT2D eigenvalue weighted by Gasteiger charge is 2.41. The standard InChI is InChI=1S/C42H40N4O3/c1-3-5-26-39(47)38(41(48)49-4-2)30-31-27-28-36(32-18-10-6-11-19-32)37(29-31)40-43-45-46(44-40)42(33-20-12-7-13-21-33,34-22-14-8-15-23-34)35-24-16-9-17-25-35/h6-25,27-29,38H,3-5,26,30H2,1-2H3. The first-order valence-electron chi connectivity index (χ1n) is 16.9. The number of hydrogen-bond acceptors (Lipinski definition) is 6. The number of Topliss-reactive ketones (excluding diaryl/α,β-unsaturated/α-hetero) is 1. The Morgan fingerprint density at radius 1 is 0.714 bits per heavy atom.